The third kappa shape index (κ3) is 4.38. The SMILES string of the molecule is CC(C)(C)[Si](C)(C)OC(CCO)c1ccc(F)cc1Br. The van der Waals surface area contributed by atoms with Crippen LogP contribution in [-0.2, 0) is 4.43 Å². The Labute approximate surface area is 130 Å². The molecule has 0 amide bonds. The fourth-order valence-electron chi connectivity index (χ4n) is 1.69. The second-order valence-corrected chi connectivity index (χ2v) is 12.2. The van der Waals surface area contributed by atoms with Crippen LogP contribution in [0, 0.1) is 5.82 Å². The van der Waals surface area contributed by atoms with Crippen LogP contribution in [0.25, 0.3) is 0 Å². The van der Waals surface area contributed by atoms with Gasteiger partial charge in [-0.1, -0.05) is 42.8 Å². The summed E-state index contributed by atoms with van der Waals surface area (Å²) < 4.78 is 20.3. The minimum Gasteiger partial charge on any atom is -0.410 e. The third-order valence-electron chi connectivity index (χ3n) is 3.94. The molecule has 0 spiro atoms. The molecule has 5 heteroatoms. The van der Waals surface area contributed by atoms with Gasteiger partial charge in [0.05, 0.1) is 6.10 Å². The molecule has 0 aliphatic rings. The summed E-state index contributed by atoms with van der Waals surface area (Å²) in [7, 11) is -1.95. The summed E-state index contributed by atoms with van der Waals surface area (Å²) in [6.45, 7) is 10.9. The van der Waals surface area contributed by atoms with E-state index in [-0.39, 0.29) is 23.6 Å². The predicted octanol–water partition coefficient (Wildman–Crippen LogP) is 5.03. The number of benzene rings is 1. The number of aliphatic hydroxyl groups excluding tert-OH is 1. The summed E-state index contributed by atoms with van der Waals surface area (Å²) in [5.74, 6) is -0.282. The highest BCUT2D eigenvalue weighted by Gasteiger charge is 2.39. The van der Waals surface area contributed by atoms with Crippen molar-refractivity contribution in [3.05, 3.63) is 34.1 Å². The minimum absolute atomic E-state index is 0.0447. The van der Waals surface area contributed by atoms with E-state index in [1.54, 1.807) is 6.07 Å². The molecule has 0 fully saturated rings. The highest BCUT2D eigenvalue weighted by molar-refractivity contribution is 9.10. The molecule has 1 N–H and O–H groups in total. The largest absolute Gasteiger partial charge is 0.410 e. The quantitative estimate of drug-likeness (QED) is 0.743. The Morgan fingerprint density at radius 3 is 2.40 bits per heavy atom. The van der Waals surface area contributed by atoms with Crippen molar-refractivity contribution in [2.75, 3.05) is 6.61 Å². The van der Waals surface area contributed by atoms with E-state index < -0.39 is 8.32 Å². The van der Waals surface area contributed by atoms with Crippen LogP contribution in [0.4, 0.5) is 4.39 Å². The zero-order valence-electron chi connectivity index (χ0n) is 12.8. The van der Waals surface area contributed by atoms with E-state index in [0.717, 1.165) is 5.56 Å². The van der Waals surface area contributed by atoms with Crippen LogP contribution < -0.4 is 0 Å². The molecular formula is C15H24BrFO2Si. The number of halogens is 2. The average molecular weight is 363 g/mol. The first-order valence-corrected chi connectivity index (χ1v) is 10.5. The summed E-state index contributed by atoms with van der Waals surface area (Å²) in [4.78, 5) is 0. The lowest BCUT2D eigenvalue weighted by Crippen LogP contribution is -2.42. The first-order valence-electron chi connectivity index (χ1n) is 6.82. The molecule has 0 aromatic heterocycles. The monoisotopic (exact) mass is 362 g/mol. The molecule has 2 nitrogen and oxygen atoms in total. The Hall–Kier alpha value is -0.233. The van der Waals surface area contributed by atoms with Gasteiger partial charge in [0.2, 0.25) is 0 Å². The van der Waals surface area contributed by atoms with Crippen molar-refractivity contribution in [1.29, 1.82) is 0 Å². The van der Waals surface area contributed by atoms with E-state index in [2.05, 4.69) is 49.8 Å². The van der Waals surface area contributed by atoms with Crippen LogP contribution in [0.15, 0.2) is 22.7 Å². The molecule has 0 bridgehead atoms. The zero-order chi connectivity index (χ0) is 15.6. The Morgan fingerprint density at radius 1 is 1.35 bits per heavy atom. The molecule has 1 aromatic rings. The molecule has 1 unspecified atom stereocenters. The predicted molar refractivity (Wildman–Crippen MR) is 86.8 cm³/mol. The Bertz CT molecular complexity index is 458. The van der Waals surface area contributed by atoms with E-state index in [9.17, 15) is 9.50 Å². The van der Waals surface area contributed by atoms with Gasteiger partial charge in [0.15, 0.2) is 8.32 Å². The fraction of sp³-hybridized carbons (Fsp3) is 0.600. The van der Waals surface area contributed by atoms with E-state index in [4.69, 9.17) is 4.43 Å². The molecule has 114 valence electrons. The number of hydrogen-bond donors (Lipinski definition) is 1. The van der Waals surface area contributed by atoms with Crippen molar-refractivity contribution < 1.29 is 13.9 Å². The van der Waals surface area contributed by atoms with E-state index in [1.807, 2.05) is 0 Å². The highest BCUT2D eigenvalue weighted by atomic mass is 79.9. The van der Waals surface area contributed by atoms with Gasteiger partial charge in [0.1, 0.15) is 5.82 Å². The maximum absolute atomic E-state index is 13.2. The van der Waals surface area contributed by atoms with Gasteiger partial charge in [0.25, 0.3) is 0 Å². The molecule has 0 heterocycles. The topological polar surface area (TPSA) is 29.5 Å². The standard InChI is InChI=1S/C15H24BrFO2Si/c1-15(2,3)20(4,5)19-14(8-9-18)12-7-6-11(17)10-13(12)16/h6-7,10,14,18H,8-9H2,1-5H3. The summed E-state index contributed by atoms with van der Waals surface area (Å²) in [5.41, 5.74) is 0.894. The fourth-order valence-corrected chi connectivity index (χ4v) is 3.61. The molecule has 0 aliphatic carbocycles. The Morgan fingerprint density at radius 2 is 1.95 bits per heavy atom. The van der Waals surface area contributed by atoms with Gasteiger partial charge in [-0.3, -0.25) is 0 Å². The maximum atomic E-state index is 13.2. The van der Waals surface area contributed by atoms with Gasteiger partial charge in [-0.05, 0) is 42.2 Å². The van der Waals surface area contributed by atoms with Gasteiger partial charge < -0.3 is 9.53 Å². The van der Waals surface area contributed by atoms with E-state index in [1.165, 1.54) is 12.1 Å². The van der Waals surface area contributed by atoms with Crippen molar-refractivity contribution in [1.82, 2.24) is 0 Å². The van der Waals surface area contributed by atoms with Crippen molar-refractivity contribution in [3.8, 4) is 0 Å². The summed E-state index contributed by atoms with van der Waals surface area (Å²) >= 11 is 3.39. The normalized spacial score (nSPS) is 14.4. The smallest absolute Gasteiger partial charge is 0.192 e. The molecular weight excluding hydrogens is 339 g/mol. The van der Waals surface area contributed by atoms with Gasteiger partial charge in [0, 0.05) is 11.1 Å². The summed E-state index contributed by atoms with van der Waals surface area (Å²) in [6, 6.07) is 4.60. The van der Waals surface area contributed by atoms with Crippen molar-refractivity contribution in [2.24, 2.45) is 0 Å². The van der Waals surface area contributed by atoms with Crippen molar-refractivity contribution >= 4 is 24.2 Å². The average Bonchev–Trinajstić information content (AvgIpc) is 2.26. The van der Waals surface area contributed by atoms with Gasteiger partial charge in [-0.2, -0.15) is 0 Å². The molecule has 0 aliphatic heterocycles. The van der Waals surface area contributed by atoms with Crippen LogP contribution in [0.1, 0.15) is 38.9 Å². The van der Waals surface area contributed by atoms with Crippen molar-refractivity contribution in [2.45, 2.75) is 51.4 Å². The lowest BCUT2D eigenvalue weighted by atomic mass is 10.1. The van der Waals surface area contributed by atoms with E-state index in [0.29, 0.717) is 10.9 Å². The van der Waals surface area contributed by atoms with Crippen LogP contribution in [0.5, 0.6) is 0 Å². The molecule has 1 aromatic carbocycles. The maximum Gasteiger partial charge on any atom is 0.192 e. The van der Waals surface area contributed by atoms with Gasteiger partial charge in [-0.15, -0.1) is 0 Å². The molecule has 0 saturated heterocycles. The Balaban J connectivity index is 3.06. The lowest BCUT2D eigenvalue weighted by Gasteiger charge is -2.39. The minimum atomic E-state index is -1.95. The lowest BCUT2D eigenvalue weighted by molar-refractivity contribution is 0.140. The summed E-state index contributed by atoms with van der Waals surface area (Å²) in [6.07, 6.45) is 0.298. The van der Waals surface area contributed by atoms with Crippen LogP contribution in [0.2, 0.25) is 18.1 Å². The molecule has 20 heavy (non-hydrogen) atoms. The molecule has 1 rings (SSSR count). The Kier molecular flexibility index (Phi) is 5.96. The molecule has 0 radical (unpaired) electrons. The summed E-state index contributed by atoms with van der Waals surface area (Å²) in [5, 5.41) is 9.38. The van der Waals surface area contributed by atoms with Gasteiger partial charge >= 0.3 is 0 Å². The van der Waals surface area contributed by atoms with Crippen LogP contribution >= 0.6 is 15.9 Å². The van der Waals surface area contributed by atoms with Crippen LogP contribution in [0.3, 0.4) is 0 Å². The number of hydrogen-bond acceptors (Lipinski definition) is 2. The van der Waals surface area contributed by atoms with E-state index >= 15 is 0 Å². The van der Waals surface area contributed by atoms with Crippen LogP contribution in [-0.4, -0.2) is 20.0 Å². The number of aliphatic hydroxyl groups is 1. The molecule has 1 atom stereocenters. The number of rotatable bonds is 5. The third-order valence-corrected chi connectivity index (χ3v) is 9.12. The molecule has 0 saturated carbocycles. The zero-order valence-corrected chi connectivity index (χ0v) is 15.4. The second-order valence-electron chi connectivity index (χ2n) is 6.54. The first-order chi connectivity index (χ1) is 9.08. The van der Waals surface area contributed by atoms with Gasteiger partial charge in [-0.25, -0.2) is 4.39 Å². The second kappa shape index (κ2) is 6.69. The first kappa shape index (κ1) is 17.8. The van der Waals surface area contributed by atoms with Crippen molar-refractivity contribution in [3.63, 3.8) is 0 Å². The highest BCUT2D eigenvalue weighted by Crippen LogP contribution is 2.41.